The maximum Gasteiger partial charge on any atom is 0.222 e. The Hall–Kier alpha value is -0.220. The SMILES string of the molecule is CC1CSCCN1C(=O)CCC(C)(C)CCN. The van der Waals surface area contributed by atoms with E-state index in [1.807, 2.05) is 11.8 Å². The first kappa shape index (κ1) is 14.8. The second kappa shape index (κ2) is 6.64. The number of carbonyl (C=O) groups is 1. The quantitative estimate of drug-likeness (QED) is 0.821. The average molecular weight is 258 g/mol. The minimum Gasteiger partial charge on any atom is -0.338 e. The Morgan fingerprint density at radius 2 is 2.18 bits per heavy atom. The molecule has 0 saturated carbocycles. The Kier molecular flexibility index (Phi) is 5.80. The van der Waals surface area contributed by atoms with E-state index in [1.54, 1.807) is 0 Å². The van der Waals surface area contributed by atoms with Crippen molar-refractivity contribution in [2.75, 3.05) is 24.6 Å². The zero-order valence-electron chi connectivity index (χ0n) is 11.4. The van der Waals surface area contributed by atoms with Crippen molar-refractivity contribution in [1.82, 2.24) is 4.90 Å². The molecule has 0 bridgehead atoms. The fourth-order valence-electron chi connectivity index (χ4n) is 2.20. The third kappa shape index (κ3) is 4.88. The second-order valence-corrected chi connectivity index (χ2v) is 6.86. The van der Waals surface area contributed by atoms with E-state index in [9.17, 15) is 4.79 Å². The van der Waals surface area contributed by atoms with Crippen LogP contribution in [0.2, 0.25) is 0 Å². The van der Waals surface area contributed by atoms with Crippen molar-refractivity contribution in [3.63, 3.8) is 0 Å². The zero-order chi connectivity index (χ0) is 12.9. The molecule has 1 unspecified atom stereocenters. The molecule has 1 fully saturated rings. The molecule has 1 heterocycles. The topological polar surface area (TPSA) is 46.3 Å². The largest absolute Gasteiger partial charge is 0.338 e. The van der Waals surface area contributed by atoms with Crippen molar-refractivity contribution in [3.8, 4) is 0 Å². The van der Waals surface area contributed by atoms with Crippen LogP contribution in [0.1, 0.15) is 40.0 Å². The third-order valence-electron chi connectivity index (χ3n) is 3.52. The van der Waals surface area contributed by atoms with Gasteiger partial charge in [0.15, 0.2) is 0 Å². The molecule has 0 radical (unpaired) electrons. The molecule has 1 saturated heterocycles. The third-order valence-corrected chi connectivity index (χ3v) is 4.71. The van der Waals surface area contributed by atoms with Gasteiger partial charge in [0.05, 0.1) is 0 Å². The first-order valence-corrected chi connectivity index (χ1v) is 7.69. The van der Waals surface area contributed by atoms with Gasteiger partial charge in [0.2, 0.25) is 5.91 Å². The first-order valence-electron chi connectivity index (χ1n) is 6.53. The number of hydrogen-bond donors (Lipinski definition) is 1. The monoisotopic (exact) mass is 258 g/mol. The summed E-state index contributed by atoms with van der Waals surface area (Å²) in [7, 11) is 0. The number of rotatable bonds is 5. The maximum atomic E-state index is 12.1. The summed E-state index contributed by atoms with van der Waals surface area (Å²) in [6.45, 7) is 8.17. The summed E-state index contributed by atoms with van der Waals surface area (Å²) in [5, 5.41) is 0. The summed E-state index contributed by atoms with van der Waals surface area (Å²) in [5.74, 6) is 2.49. The molecular formula is C13H26N2OS. The van der Waals surface area contributed by atoms with Gasteiger partial charge in [-0.2, -0.15) is 11.8 Å². The van der Waals surface area contributed by atoms with Crippen molar-refractivity contribution in [1.29, 1.82) is 0 Å². The van der Waals surface area contributed by atoms with Gasteiger partial charge in [0, 0.05) is 30.5 Å². The molecule has 0 aliphatic carbocycles. The number of hydrogen-bond acceptors (Lipinski definition) is 3. The molecule has 1 amide bonds. The van der Waals surface area contributed by atoms with E-state index in [0.29, 0.717) is 24.9 Å². The lowest BCUT2D eigenvalue weighted by molar-refractivity contribution is -0.133. The number of nitrogens with two attached hydrogens (primary N) is 1. The molecule has 100 valence electrons. The molecule has 3 nitrogen and oxygen atoms in total. The van der Waals surface area contributed by atoms with Crippen LogP contribution in [0.25, 0.3) is 0 Å². The van der Waals surface area contributed by atoms with Crippen molar-refractivity contribution in [2.45, 2.75) is 46.1 Å². The Balaban J connectivity index is 2.38. The molecule has 1 aliphatic rings. The van der Waals surface area contributed by atoms with Crippen LogP contribution in [0.3, 0.4) is 0 Å². The van der Waals surface area contributed by atoms with E-state index < -0.39 is 0 Å². The lowest BCUT2D eigenvalue weighted by atomic mass is 9.84. The van der Waals surface area contributed by atoms with Gasteiger partial charge in [-0.3, -0.25) is 4.79 Å². The highest BCUT2D eigenvalue weighted by Crippen LogP contribution is 2.27. The van der Waals surface area contributed by atoms with E-state index in [-0.39, 0.29) is 5.41 Å². The van der Waals surface area contributed by atoms with Crippen molar-refractivity contribution in [2.24, 2.45) is 11.1 Å². The van der Waals surface area contributed by atoms with E-state index in [4.69, 9.17) is 5.73 Å². The van der Waals surface area contributed by atoms with Crippen molar-refractivity contribution in [3.05, 3.63) is 0 Å². The molecule has 1 atom stereocenters. The molecular weight excluding hydrogens is 232 g/mol. The van der Waals surface area contributed by atoms with E-state index in [2.05, 4.69) is 25.7 Å². The van der Waals surface area contributed by atoms with Crippen LogP contribution in [-0.4, -0.2) is 41.4 Å². The van der Waals surface area contributed by atoms with Gasteiger partial charge >= 0.3 is 0 Å². The summed E-state index contributed by atoms with van der Waals surface area (Å²) in [6, 6.07) is 0.402. The average Bonchev–Trinajstić information content (AvgIpc) is 2.27. The van der Waals surface area contributed by atoms with Crippen LogP contribution < -0.4 is 5.73 Å². The Morgan fingerprint density at radius 3 is 2.76 bits per heavy atom. The predicted octanol–water partition coefficient (Wildman–Crippen LogP) is 2.11. The smallest absolute Gasteiger partial charge is 0.222 e. The first-order chi connectivity index (χ1) is 7.96. The Labute approximate surface area is 109 Å². The van der Waals surface area contributed by atoms with E-state index in [0.717, 1.165) is 30.9 Å². The summed E-state index contributed by atoms with van der Waals surface area (Å²) in [6.07, 6.45) is 2.60. The van der Waals surface area contributed by atoms with Crippen LogP contribution in [0.15, 0.2) is 0 Å². The molecule has 0 aromatic heterocycles. The lowest BCUT2D eigenvalue weighted by Crippen LogP contribution is -2.44. The van der Waals surface area contributed by atoms with Gasteiger partial charge in [0.1, 0.15) is 0 Å². The normalized spacial score (nSPS) is 21.6. The number of amides is 1. The standard InChI is InChI=1S/C13H26N2OS/c1-11-10-17-9-8-15(11)12(16)4-5-13(2,3)6-7-14/h11H,4-10,14H2,1-3H3. The molecule has 0 aromatic rings. The highest BCUT2D eigenvalue weighted by Gasteiger charge is 2.25. The van der Waals surface area contributed by atoms with E-state index >= 15 is 0 Å². The van der Waals surface area contributed by atoms with Gasteiger partial charge in [-0.1, -0.05) is 13.8 Å². The van der Waals surface area contributed by atoms with Gasteiger partial charge < -0.3 is 10.6 Å². The van der Waals surface area contributed by atoms with Crippen LogP contribution in [0.5, 0.6) is 0 Å². The second-order valence-electron chi connectivity index (χ2n) is 5.71. The lowest BCUT2D eigenvalue weighted by Gasteiger charge is -2.34. The minimum atomic E-state index is 0.193. The van der Waals surface area contributed by atoms with E-state index in [1.165, 1.54) is 0 Å². The Bertz CT molecular complexity index is 256. The Morgan fingerprint density at radius 1 is 1.47 bits per heavy atom. The summed E-state index contributed by atoms with van der Waals surface area (Å²) >= 11 is 1.95. The minimum absolute atomic E-state index is 0.193. The molecule has 17 heavy (non-hydrogen) atoms. The van der Waals surface area contributed by atoms with Crippen molar-refractivity contribution < 1.29 is 4.79 Å². The van der Waals surface area contributed by atoms with Gasteiger partial charge in [-0.05, 0) is 31.7 Å². The molecule has 1 rings (SSSR count). The zero-order valence-corrected chi connectivity index (χ0v) is 12.2. The van der Waals surface area contributed by atoms with Gasteiger partial charge in [0.25, 0.3) is 0 Å². The highest BCUT2D eigenvalue weighted by atomic mass is 32.2. The fourth-order valence-corrected chi connectivity index (χ4v) is 3.22. The number of thioether (sulfide) groups is 1. The van der Waals surface area contributed by atoms with Crippen molar-refractivity contribution >= 4 is 17.7 Å². The highest BCUT2D eigenvalue weighted by molar-refractivity contribution is 7.99. The predicted molar refractivity (Wildman–Crippen MR) is 75.2 cm³/mol. The summed E-state index contributed by atoms with van der Waals surface area (Å²) in [5.41, 5.74) is 5.78. The van der Waals surface area contributed by atoms with Crippen LogP contribution in [-0.2, 0) is 4.79 Å². The van der Waals surface area contributed by atoms with Gasteiger partial charge in [-0.15, -0.1) is 0 Å². The van der Waals surface area contributed by atoms with Crippen LogP contribution in [0.4, 0.5) is 0 Å². The maximum absolute atomic E-state index is 12.1. The summed E-state index contributed by atoms with van der Waals surface area (Å²) < 4.78 is 0. The molecule has 0 spiro atoms. The number of nitrogens with zero attached hydrogens (tertiary/aromatic N) is 1. The summed E-state index contributed by atoms with van der Waals surface area (Å²) in [4.78, 5) is 14.2. The molecule has 4 heteroatoms. The van der Waals surface area contributed by atoms with Crippen LogP contribution >= 0.6 is 11.8 Å². The molecule has 2 N–H and O–H groups in total. The number of carbonyl (C=O) groups excluding carboxylic acids is 1. The molecule has 0 aromatic carbocycles. The van der Waals surface area contributed by atoms with Gasteiger partial charge in [-0.25, -0.2) is 0 Å². The fraction of sp³-hybridized carbons (Fsp3) is 0.923. The van der Waals surface area contributed by atoms with Crippen LogP contribution in [0, 0.1) is 5.41 Å². The molecule has 1 aliphatic heterocycles.